The Bertz CT molecular complexity index is 1260. The van der Waals surface area contributed by atoms with Gasteiger partial charge in [-0.3, -0.25) is 14.4 Å². The van der Waals surface area contributed by atoms with E-state index in [1.54, 1.807) is 20.5 Å². The summed E-state index contributed by atoms with van der Waals surface area (Å²) < 4.78 is 1.77. The molecule has 3 aromatic rings. The van der Waals surface area contributed by atoms with Gasteiger partial charge in [0, 0.05) is 31.6 Å². The van der Waals surface area contributed by atoms with Gasteiger partial charge >= 0.3 is 0 Å². The van der Waals surface area contributed by atoms with E-state index < -0.39 is 12.1 Å². The number of aromatic nitrogens is 5. The second-order valence-corrected chi connectivity index (χ2v) is 9.39. The Morgan fingerprint density at radius 1 is 1.00 bits per heavy atom. The minimum absolute atomic E-state index is 0.0603. The highest BCUT2D eigenvalue weighted by atomic mass is 16.2. The fraction of sp³-hybridized carbons (Fsp3) is 0.423. The van der Waals surface area contributed by atoms with Crippen molar-refractivity contribution in [2.24, 2.45) is 0 Å². The predicted molar refractivity (Wildman–Crippen MR) is 134 cm³/mol. The lowest BCUT2D eigenvalue weighted by Crippen LogP contribution is -2.47. The summed E-state index contributed by atoms with van der Waals surface area (Å²) in [6, 6.07) is 10.3. The molecule has 0 spiro atoms. The molecular formula is C26H30N8O3. The maximum atomic E-state index is 13.3. The van der Waals surface area contributed by atoms with E-state index in [1.807, 2.05) is 37.3 Å². The van der Waals surface area contributed by atoms with Gasteiger partial charge in [-0.2, -0.15) is 15.3 Å². The lowest BCUT2D eigenvalue weighted by Gasteiger charge is -2.28. The van der Waals surface area contributed by atoms with Crippen LogP contribution in [0.5, 0.6) is 0 Å². The van der Waals surface area contributed by atoms with E-state index in [1.165, 1.54) is 12.4 Å². The van der Waals surface area contributed by atoms with E-state index in [4.69, 9.17) is 10.1 Å². The molecule has 1 fully saturated rings. The van der Waals surface area contributed by atoms with Gasteiger partial charge in [0.25, 0.3) is 5.91 Å². The monoisotopic (exact) mass is 502 g/mol. The smallest absolute Gasteiger partial charge is 0.255 e. The van der Waals surface area contributed by atoms with Crippen molar-refractivity contribution in [2.75, 3.05) is 19.6 Å². The average molecular weight is 503 g/mol. The second-order valence-electron chi connectivity index (χ2n) is 9.39. The molecule has 37 heavy (non-hydrogen) atoms. The molecule has 0 saturated carbocycles. The fourth-order valence-electron chi connectivity index (χ4n) is 4.96. The summed E-state index contributed by atoms with van der Waals surface area (Å²) in [5.74, 6) is 0.732. The lowest BCUT2D eigenvalue weighted by atomic mass is 10.1. The van der Waals surface area contributed by atoms with Crippen molar-refractivity contribution < 1.29 is 14.4 Å². The number of rotatable bonds is 2. The van der Waals surface area contributed by atoms with E-state index in [9.17, 15) is 14.4 Å². The van der Waals surface area contributed by atoms with Crippen LogP contribution >= 0.6 is 0 Å². The van der Waals surface area contributed by atoms with Crippen LogP contribution in [0.3, 0.4) is 0 Å². The van der Waals surface area contributed by atoms with Crippen LogP contribution in [-0.4, -0.2) is 78.2 Å². The van der Waals surface area contributed by atoms with Crippen LogP contribution in [0.15, 0.2) is 48.8 Å². The Morgan fingerprint density at radius 3 is 2.62 bits per heavy atom. The number of fused-ring (bicyclic) bond motifs is 2. The molecule has 11 heteroatoms. The van der Waals surface area contributed by atoms with Crippen LogP contribution in [0, 0.1) is 0 Å². The van der Waals surface area contributed by atoms with Crippen LogP contribution < -0.4 is 5.32 Å². The van der Waals surface area contributed by atoms with Gasteiger partial charge in [0.05, 0.1) is 30.5 Å². The average Bonchev–Trinajstić information content (AvgIpc) is 3.59. The molecular weight excluding hydrogens is 472 g/mol. The molecule has 4 heterocycles. The number of carbonyl (C=O) groups excluding carboxylic acids is 3. The van der Waals surface area contributed by atoms with Gasteiger partial charge < -0.3 is 15.1 Å². The molecule has 1 aromatic carbocycles. The van der Waals surface area contributed by atoms with Gasteiger partial charge in [0.15, 0.2) is 5.82 Å². The third-order valence-corrected chi connectivity index (χ3v) is 6.87. The number of nitrogens with zero attached hydrogens (tertiary/aromatic N) is 7. The molecule has 5 rings (SSSR count). The van der Waals surface area contributed by atoms with Crippen molar-refractivity contribution in [2.45, 2.75) is 51.2 Å². The van der Waals surface area contributed by atoms with Crippen molar-refractivity contribution in [3.05, 3.63) is 60.2 Å². The van der Waals surface area contributed by atoms with E-state index in [0.29, 0.717) is 56.2 Å². The number of carbonyl (C=O) groups is 3. The summed E-state index contributed by atoms with van der Waals surface area (Å²) in [7, 11) is 0. The molecule has 3 amide bonds. The summed E-state index contributed by atoms with van der Waals surface area (Å²) in [6.45, 7) is 3.55. The summed E-state index contributed by atoms with van der Waals surface area (Å²) in [6.07, 6.45) is 5.10. The Kier molecular flexibility index (Phi) is 7.20. The van der Waals surface area contributed by atoms with E-state index in [-0.39, 0.29) is 24.1 Å². The Balaban J connectivity index is 1.48. The summed E-state index contributed by atoms with van der Waals surface area (Å²) in [5.41, 5.74) is 1.30. The first-order valence-electron chi connectivity index (χ1n) is 12.7. The first-order valence-corrected chi connectivity index (χ1v) is 12.7. The fourth-order valence-corrected chi connectivity index (χ4v) is 4.96. The first kappa shape index (κ1) is 24.5. The zero-order valence-electron chi connectivity index (χ0n) is 20.8. The molecule has 0 unspecified atom stereocenters. The normalized spacial score (nSPS) is 21.1. The first-order chi connectivity index (χ1) is 18.0. The molecule has 1 N–H and O–H groups in total. The van der Waals surface area contributed by atoms with Gasteiger partial charge in [-0.1, -0.05) is 30.3 Å². The van der Waals surface area contributed by atoms with Crippen LogP contribution in [-0.2, 0) is 16.1 Å². The Hall–Kier alpha value is -4.15. The van der Waals surface area contributed by atoms with Crippen LogP contribution in [0.1, 0.15) is 54.8 Å². The van der Waals surface area contributed by atoms with Gasteiger partial charge in [-0.25, -0.2) is 9.67 Å². The van der Waals surface area contributed by atoms with E-state index in [2.05, 4.69) is 15.5 Å². The molecule has 0 bridgehead atoms. The number of nitrogens with one attached hydrogen (secondary N) is 1. The predicted octanol–water partition coefficient (Wildman–Crippen LogP) is 1.84. The van der Waals surface area contributed by atoms with Crippen LogP contribution in [0.25, 0.3) is 11.4 Å². The Labute approximate surface area is 214 Å². The Morgan fingerprint density at radius 2 is 1.84 bits per heavy atom. The standard InChI is InChI=1S/C26H30N8O3/c1-18-24-30-23(19-7-3-2-4-8-19)31-34(24)16-15-32(26(37)20-11-12-27-28-17-20)13-6-10-22(35)33-14-5-9-21(33)25(36)29-18/h2-4,7-8,11-12,17-18,21H,5-6,9-10,13-16H2,1H3,(H,29,36)/t18-,21-/m0/s1. The highest BCUT2D eigenvalue weighted by molar-refractivity contribution is 5.94. The van der Waals surface area contributed by atoms with Crippen LogP contribution in [0.4, 0.5) is 0 Å². The maximum Gasteiger partial charge on any atom is 0.255 e. The zero-order chi connectivity index (χ0) is 25.8. The minimum atomic E-state index is -0.497. The van der Waals surface area contributed by atoms with Crippen molar-refractivity contribution >= 4 is 17.7 Å². The molecule has 192 valence electrons. The molecule has 1 saturated heterocycles. The van der Waals surface area contributed by atoms with Crippen molar-refractivity contribution in [1.82, 2.24) is 40.1 Å². The third-order valence-electron chi connectivity index (χ3n) is 6.87. The van der Waals surface area contributed by atoms with Crippen LogP contribution in [0.2, 0.25) is 0 Å². The molecule has 0 aliphatic carbocycles. The van der Waals surface area contributed by atoms with Crippen molar-refractivity contribution in [3.63, 3.8) is 0 Å². The molecule has 2 aromatic heterocycles. The van der Waals surface area contributed by atoms with Gasteiger partial charge in [-0.05, 0) is 32.3 Å². The molecule has 2 aliphatic rings. The lowest BCUT2D eigenvalue weighted by molar-refractivity contribution is -0.138. The number of benzene rings is 1. The topological polar surface area (TPSA) is 126 Å². The molecule has 2 aliphatic heterocycles. The molecule has 2 atom stereocenters. The summed E-state index contributed by atoms with van der Waals surface area (Å²) in [4.78, 5) is 47.6. The second kappa shape index (κ2) is 10.9. The number of hydrogen-bond donors (Lipinski definition) is 1. The van der Waals surface area contributed by atoms with E-state index >= 15 is 0 Å². The van der Waals surface area contributed by atoms with Crippen molar-refractivity contribution in [3.8, 4) is 11.4 Å². The highest BCUT2D eigenvalue weighted by Gasteiger charge is 2.35. The molecule has 11 nitrogen and oxygen atoms in total. The summed E-state index contributed by atoms with van der Waals surface area (Å²) in [5, 5.41) is 15.4. The number of amides is 3. The van der Waals surface area contributed by atoms with Gasteiger partial charge in [0.1, 0.15) is 11.9 Å². The quantitative estimate of drug-likeness (QED) is 0.567. The third kappa shape index (κ3) is 5.35. The highest BCUT2D eigenvalue weighted by Crippen LogP contribution is 2.23. The maximum absolute atomic E-state index is 13.3. The summed E-state index contributed by atoms with van der Waals surface area (Å²) >= 11 is 0. The molecule has 0 radical (unpaired) electrons. The van der Waals surface area contributed by atoms with Crippen molar-refractivity contribution in [1.29, 1.82) is 0 Å². The SMILES string of the molecule is C[C@@H]1NC(=O)[C@@H]2CCCN2C(=O)CCCN(C(=O)c2ccnnc2)CCn2nc(-c3ccccc3)nc21. The van der Waals surface area contributed by atoms with Gasteiger partial charge in [-0.15, -0.1) is 0 Å². The number of hydrogen-bond acceptors (Lipinski definition) is 7. The largest absolute Gasteiger partial charge is 0.345 e. The van der Waals surface area contributed by atoms with E-state index in [0.717, 1.165) is 12.0 Å². The zero-order valence-corrected chi connectivity index (χ0v) is 20.8. The minimum Gasteiger partial charge on any atom is -0.345 e. The van der Waals surface area contributed by atoms with Gasteiger partial charge in [0.2, 0.25) is 11.8 Å².